The predicted octanol–water partition coefficient (Wildman–Crippen LogP) is 1.89. The average molecular weight is 275 g/mol. The zero-order chi connectivity index (χ0) is 14.5. The molecule has 0 fully saturated rings. The lowest BCUT2D eigenvalue weighted by Crippen LogP contribution is -2.25. The molecule has 1 atom stereocenters. The molecule has 2 rings (SSSR count). The molecule has 1 amide bonds. The van der Waals surface area contributed by atoms with Crippen molar-refractivity contribution in [2.24, 2.45) is 5.92 Å². The highest BCUT2D eigenvalue weighted by Gasteiger charge is 2.10. The summed E-state index contributed by atoms with van der Waals surface area (Å²) in [5.74, 6) is 0.150. The minimum Gasteiger partial charge on any atom is -0.397 e. The van der Waals surface area contributed by atoms with E-state index in [-0.39, 0.29) is 18.4 Å². The van der Waals surface area contributed by atoms with E-state index in [0.29, 0.717) is 17.9 Å². The molecule has 0 bridgehead atoms. The molecule has 0 spiro atoms. The summed E-state index contributed by atoms with van der Waals surface area (Å²) >= 11 is 0. The van der Waals surface area contributed by atoms with Gasteiger partial charge < -0.3 is 21.1 Å². The van der Waals surface area contributed by atoms with Crippen LogP contribution in [0.2, 0.25) is 0 Å². The van der Waals surface area contributed by atoms with E-state index in [2.05, 4.69) is 10.3 Å². The van der Waals surface area contributed by atoms with E-state index in [1.165, 1.54) is 0 Å². The highest BCUT2D eigenvalue weighted by Crippen LogP contribution is 2.20. The second kappa shape index (κ2) is 6.43. The molecule has 1 heterocycles. The van der Waals surface area contributed by atoms with Crippen molar-refractivity contribution in [3.05, 3.63) is 30.0 Å². The van der Waals surface area contributed by atoms with Crippen LogP contribution in [0.3, 0.4) is 0 Å². The maximum Gasteiger partial charge on any atom is 0.267 e. The number of para-hydroxylation sites is 1. The summed E-state index contributed by atoms with van der Waals surface area (Å²) in [5.41, 5.74) is 7.81. The largest absolute Gasteiger partial charge is 0.397 e. The van der Waals surface area contributed by atoms with Gasteiger partial charge in [0.15, 0.2) is 0 Å². The van der Waals surface area contributed by atoms with Crippen LogP contribution in [0, 0.1) is 5.92 Å². The number of nitrogen functional groups attached to an aromatic ring is 1. The van der Waals surface area contributed by atoms with Gasteiger partial charge in [0.2, 0.25) is 0 Å². The number of nitrogens with one attached hydrogen (secondary N) is 2. The predicted molar refractivity (Wildman–Crippen MR) is 80.5 cm³/mol. The van der Waals surface area contributed by atoms with E-state index in [4.69, 9.17) is 10.8 Å². The van der Waals surface area contributed by atoms with E-state index < -0.39 is 0 Å². The second-order valence-corrected chi connectivity index (χ2v) is 5.18. The number of rotatable bonds is 6. The zero-order valence-corrected chi connectivity index (χ0v) is 11.6. The number of aliphatic hydroxyl groups excluding tert-OH is 1. The number of fused-ring (bicyclic) bond motifs is 1. The number of amides is 1. The number of aromatic nitrogens is 1. The first-order chi connectivity index (χ1) is 9.61. The lowest BCUT2D eigenvalue weighted by Gasteiger charge is -2.07. The fraction of sp³-hybridized carbons (Fsp3) is 0.400. The van der Waals surface area contributed by atoms with Crippen molar-refractivity contribution < 1.29 is 9.90 Å². The van der Waals surface area contributed by atoms with E-state index in [1.54, 1.807) is 12.1 Å². The standard InChI is InChI=1S/C15H21N3O2/c1-10(9-19)4-3-7-17-15(20)13-8-11-5-2-6-12(16)14(11)18-13/h2,5-6,8,10,18-19H,3-4,7,9,16H2,1H3,(H,17,20). The van der Waals surface area contributed by atoms with Crippen molar-refractivity contribution in [1.82, 2.24) is 10.3 Å². The first kappa shape index (κ1) is 14.4. The molecule has 5 nitrogen and oxygen atoms in total. The van der Waals surface area contributed by atoms with Crippen LogP contribution in [-0.4, -0.2) is 29.1 Å². The van der Waals surface area contributed by atoms with E-state index in [0.717, 1.165) is 23.7 Å². The fourth-order valence-electron chi connectivity index (χ4n) is 2.14. The van der Waals surface area contributed by atoms with Crippen LogP contribution in [0.15, 0.2) is 24.3 Å². The lowest BCUT2D eigenvalue weighted by atomic mass is 10.1. The van der Waals surface area contributed by atoms with Crippen LogP contribution in [0.4, 0.5) is 5.69 Å². The third-order valence-corrected chi connectivity index (χ3v) is 3.40. The summed E-state index contributed by atoms with van der Waals surface area (Å²) in [4.78, 5) is 15.1. The summed E-state index contributed by atoms with van der Waals surface area (Å²) in [6.45, 7) is 2.78. The van der Waals surface area contributed by atoms with Gasteiger partial charge in [-0.25, -0.2) is 0 Å². The normalized spacial score (nSPS) is 12.5. The topological polar surface area (TPSA) is 91.1 Å². The first-order valence-electron chi connectivity index (χ1n) is 6.88. The smallest absolute Gasteiger partial charge is 0.267 e. The van der Waals surface area contributed by atoms with Crippen molar-refractivity contribution in [2.75, 3.05) is 18.9 Å². The highest BCUT2D eigenvalue weighted by atomic mass is 16.3. The Morgan fingerprint density at radius 3 is 3.00 bits per heavy atom. The van der Waals surface area contributed by atoms with Crippen LogP contribution in [0.1, 0.15) is 30.3 Å². The summed E-state index contributed by atoms with van der Waals surface area (Å²) in [6, 6.07) is 7.39. The number of carbonyl (C=O) groups excluding carboxylic acids is 1. The molecule has 1 aromatic heterocycles. The number of benzene rings is 1. The molecule has 0 aliphatic rings. The first-order valence-corrected chi connectivity index (χ1v) is 6.88. The van der Waals surface area contributed by atoms with Crippen LogP contribution >= 0.6 is 0 Å². The Kier molecular flexibility index (Phi) is 4.63. The van der Waals surface area contributed by atoms with Gasteiger partial charge in [-0.2, -0.15) is 0 Å². The summed E-state index contributed by atoms with van der Waals surface area (Å²) < 4.78 is 0. The Bertz CT molecular complexity index is 592. The molecule has 0 saturated heterocycles. The van der Waals surface area contributed by atoms with Gasteiger partial charge in [0.1, 0.15) is 5.69 Å². The Morgan fingerprint density at radius 2 is 2.30 bits per heavy atom. The van der Waals surface area contributed by atoms with Crippen molar-refractivity contribution in [3.8, 4) is 0 Å². The van der Waals surface area contributed by atoms with E-state index >= 15 is 0 Å². The molecule has 5 heteroatoms. The lowest BCUT2D eigenvalue weighted by molar-refractivity contribution is 0.0948. The molecule has 1 unspecified atom stereocenters. The molecule has 2 aromatic rings. The summed E-state index contributed by atoms with van der Waals surface area (Å²) in [5, 5.41) is 12.7. The molecule has 0 aliphatic heterocycles. The SMILES string of the molecule is CC(CO)CCCNC(=O)c1cc2cccc(N)c2[nH]1. The van der Waals surface area contributed by atoms with Crippen molar-refractivity contribution >= 4 is 22.5 Å². The molecule has 0 saturated carbocycles. The molecular weight excluding hydrogens is 254 g/mol. The number of hydrogen-bond donors (Lipinski definition) is 4. The van der Waals surface area contributed by atoms with Crippen LogP contribution in [0.25, 0.3) is 10.9 Å². The fourth-order valence-corrected chi connectivity index (χ4v) is 2.14. The van der Waals surface area contributed by atoms with Gasteiger partial charge in [-0.1, -0.05) is 19.1 Å². The number of carbonyl (C=O) groups is 1. The van der Waals surface area contributed by atoms with Gasteiger partial charge in [0.05, 0.1) is 11.2 Å². The Morgan fingerprint density at radius 1 is 1.50 bits per heavy atom. The molecule has 1 aromatic carbocycles. The van der Waals surface area contributed by atoms with E-state index in [9.17, 15) is 4.79 Å². The second-order valence-electron chi connectivity index (χ2n) is 5.18. The number of hydrogen-bond acceptors (Lipinski definition) is 3. The van der Waals surface area contributed by atoms with Crippen LogP contribution in [-0.2, 0) is 0 Å². The molecule has 20 heavy (non-hydrogen) atoms. The van der Waals surface area contributed by atoms with E-state index in [1.807, 2.05) is 19.1 Å². The Balaban J connectivity index is 1.93. The molecule has 0 radical (unpaired) electrons. The zero-order valence-electron chi connectivity index (χ0n) is 11.6. The number of anilines is 1. The highest BCUT2D eigenvalue weighted by molar-refractivity contribution is 6.00. The van der Waals surface area contributed by atoms with Gasteiger partial charge in [-0.3, -0.25) is 4.79 Å². The third-order valence-electron chi connectivity index (χ3n) is 3.40. The quantitative estimate of drug-likeness (QED) is 0.479. The van der Waals surface area contributed by atoms with Gasteiger partial charge in [-0.15, -0.1) is 0 Å². The molecule has 5 N–H and O–H groups in total. The maximum atomic E-state index is 12.0. The minimum absolute atomic E-state index is 0.128. The van der Waals surface area contributed by atoms with Gasteiger partial charge in [-0.05, 0) is 30.9 Å². The van der Waals surface area contributed by atoms with Crippen molar-refractivity contribution in [3.63, 3.8) is 0 Å². The minimum atomic E-state index is -0.128. The Labute approximate surface area is 118 Å². The number of aromatic amines is 1. The number of nitrogens with two attached hydrogens (primary N) is 1. The Hall–Kier alpha value is -2.01. The average Bonchev–Trinajstić information content (AvgIpc) is 2.88. The maximum absolute atomic E-state index is 12.0. The van der Waals surface area contributed by atoms with Crippen molar-refractivity contribution in [2.45, 2.75) is 19.8 Å². The summed E-state index contributed by atoms with van der Waals surface area (Å²) in [6.07, 6.45) is 1.76. The van der Waals surface area contributed by atoms with Crippen LogP contribution < -0.4 is 11.1 Å². The number of aliphatic hydroxyl groups is 1. The summed E-state index contributed by atoms with van der Waals surface area (Å²) in [7, 11) is 0. The van der Waals surface area contributed by atoms with Crippen LogP contribution in [0.5, 0.6) is 0 Å². The van der Waals surface area contributed by atoms with Crippen molar-refractivity contribution in [1.29, 1.82) is 0 Å². The number of H-pyrrole nitrogens is 1. The van der Waals surface area contributed by atoms with Gasteiger partial charge in [0.25, 0.3) is 5.91 Å². The molecule has 108 valence electrons. The monoisotopic (exact) mass is 275 g/mol. The molecular formula is C15H21N3O2. The molecule has 0 aliphatic carbocycles. The van der Waals surface area contributed by atoms with Gasteiger partial charge >= 0.3 is 0 Å². The van der Waals surface area contributed by atoms with Gasteiger partial charge in [0, 0.05) is 18.5 Å². The third kappa shape index (κ3) is 3.30.